The van der Waals surface area contributed by atoms with Gasteiger partial charge in [-0.2, -0.15) is 4.98 Å². The van der Waals surface area contributed by atoms with E-state index < -0.39 is 0 Å². The van der Waals surface area contributed by atoms with Gasteiger partial charge in [-0.05, 0) is 41.5 Å². The van der Waals surface area contributed by atoms with Gasteiger partial charge in [0.05, 0.1) is 19.1 Å². The summed E-state index contributed by atoms with van der Waals surface area (Å²) in [6, 6.07) is 19.6. The number of pyridine rings is 1. The Kier molecular flexibility index (Phi) is 6.81. The van der Waals surface area contributed by atoms with E-state index in [1.54, 1.807) is 19.5 Å². The van der Waals surface area contributed by atoms with E-state index in [1.807, 2.05) is 53.4 Å². The minimum absolute atomic E-state index is 0.165. The van der Waals surface area contributed by atoms with Gasteiger partial charge in [0.1, 0.15) is 5.75 Å². The number of rotatable bonds is 7. The first-order valence-corrected chi connectivity index (χ1v) is 11.6. The highest BCUT2D eigenvalue weighted by Crippen LogP contribution is 2.23. The van der Waals surface area contributed by atoms with Gasteiger partial charge in [-0.25, -0.2) is 0 Å². The van der Waals surface area contributed by atoms with Crippen molar-refractivity contribution in [1.29, 1.82) is 0 Å². The lowest BCUT2D eigenvalue weighted by Gasteiger charge is -2.35. The van der Waals surface area contributed by atoms with E-state index in [4.69, 9.17) is 9.26 Å². The minimum Gasteiger partial charge on any atom is -0.497 e. The van der Waals surface area contributed by atoms with E-state index in [-0.39, 0.29) is 5.91 Å². The van der Waals surface area contributed by atoms with Gasteiger partial charge in [-0.1, -0.05) is 35.5 Å². The Bertz CT molecular complexity index is 1270. The smallest absolute Gasteiger partial charge is 0.259 e. The normalized spacial score (nSPS) is 14.1. The summed E-state index contributed by atoms with van der Waals surface area (Å²) in [5.74, 6) is 1.97. The molecule has 5 rings (SSSR count). The van der Waals surface area contributed by atoms with Crippen LogP contribution in [-0.4, -0.2) is 64.1 Å². The first-order chi connectivity index (χ1) is 17.2. The predicted molar refractivity (Wildman–Crippen MR) is 132 cm³/mol. The lowest BCUT2D eigenvalue weighted by Crippen LogP contribution is -2.48. The fourth-order valence-electron chi connectivity index (χ4n) is 4.20. The summed E-state index contributed by atoms with van der Waals surface area (Å²) < 4.78 is 10.6. The summed E-state index contributed by atoms with van der Waals surface area (Å²) in [6.07, 6.45) is 3.83. The molecule has 2 aromatic heterocycles. The zero-order chi connectivity index (χ0) is 24.0. The summed E-state index contributed by atoms with van der Waals surface area (Å²) in [5.41, 5.74) is 3.88. The number of piperazine rings is 1. The molecule has 0 atom stereocenters. The predicted octanol–water partition coefficient (Wildman–Crippen LogP) is 3.69. The first kappa shape index (κ1) is 22.7. The molecule has 0 bridgehead atoms. The number of benzene rings is 2. The number of nitrogens with zero attached hydrogens (tertiary/aromatic N) is 5. The lowest BCUT2D eigenvalue weighted by molar-refractivity contribution is -0.132. The summed E-state index contributed by atoms with van der Waals surface area (Å²) in [5, 5.41) is 4.15. The Morgan fingerprint density at radius 2 is 1.77 bits per heavy atom. The second kappa shape index (κ2) is 10.5. The van der Waals surface area contributed by atoms with Crippen LogP contribution in [0.2, 0.25) is 0 Å². The highest BCUT2D eigenvalue weighted by atomic mass is 16.5. The molecule has 1 amide bonds. The van der Waals surface area contributed by atoms with Crippen LogP contribution in [0, 0.1) is 0 Å². The zero-order valence-corrected chi connectivity index (χ0v) is 19.6. The summed E-state index contributed by atoms with van der Waals surface area (Å²) in [6.45, 7) is 3.95. The Morgan fingerprint density at radius 1 is 0.971 bits per heavy atom. The summed E-state index contributed by atoms with van der Waals surface area (Å²) >= 11 is 0. The largest absolute Gasteiger partial charge is 0.497 e. The number of methoxy groups -OCH3 is 1. The third-order valence-electron chi connectivity index (χ3n) is 6.17. The van der Waals surface area contributed by atoms with E-state index in [0.29, 0.717) is 18.1 Å². The third kappa shape index (κ3) is 5.55. The first-order valence-electron chi connectivity index (χ1n) is 11.6. The Labute approximate surface area is 204 Å². The van der Waals surface area contributed by atoms with E-state index in [0.717, 1.165) is 55.2 Å². The van der Waals surface area contributed by atoms with Crippen LogP contribution in [0.3, 0.4) is 0 Å². The van der Waals surface area contributed by atoms with Gasteiger partial charge in [0, 0.05) is 50.7 Å². The van der Waals surface area contributed by atoms with Crippen molar-refractivity contribution in [3.8, 4) is 28.6 Å². The molecule has 0 radical (unpaired) electrons. The molecule has 0 spiro atoms. The van der Waals surface area contributed by atoms with Gasteiger partial charge >= 0.3 is 0 Å². The van der Waals surface area contributed by atoms with Crippen LogP contribution in [0.15, 0.2) is 77.6 Å². The molecule has 0 unspecified atom stereocenters. The molecule has 8 heteroatoms. The topological polar surface area (TPSA) is 84.6 Å². The van der Waals surface area contributed by atoms with E-state index in [9.17, 15) is 4.79 Å². The van der Waals surface area contributed by atoms with Crippen molar-refractivity contribution in [3.05, 3.63) is 84.2 Å². The lowest BCUT2D eigenvalue weighted by atomic mass is 10.1. The van der Waals surface area contributed by atoms with Crippen LogP contribution >= 0.6 is 0 Å². The number of aromatic nitrogens is 3. The number of carbonyl (C=O) groups is 1. The SMILES string of the molecule is COc1ccc(CC(=O)N2CCN(Cc3cccc(-c4noc(-c5cccnc5)n4)c3)CC2)cc1. The zero-order valence-electron chi connectivity index (χ0n) is 19.6. The molecule has 0 aliphatic carbocycles. The Balaban J connectivity index is 1.16. The summed E-state index contributed by atoms with van der Waals surface area (Å²) in [7, 11) is 1.64. The van der Waals surface area contributed by atoms with Crippen molar-refractivity contribution in [1.82, 2.24) is 24.9 Å². The Hall–Kier alpha value is -4.04. The summed E-state index contributed by atoms with van der Waals surface area (Å²) in [4.78, 5) is 25.7. The van der Waals surface area contributed by atoms with Crippen molar-refractivity contribution < 1.29 is 14.1 Å². The third-order valence-corrected chi connectivity index (χ3v) is 6.17. The van der Waals surface area contributed by atoms with Gasteiger partial charge in [0.25, 0.3) is 5.89 Å². The minimum atomic E-state index is 0.165. The van der Waals surface area contributed by atoms with Crippen molar-refractivity contribution in [2.24, 2.45) is 0 Å². The fourth-order valence-corrected chi connectivity index (χ4v) is 4.20. The fraction of sp³-hybridized carbons (Fsp3) is 0.259. The molecular weight excluding hydrogens is 442 g/mol. The number of amides is 1. The molecule has 1 fully saturated rings. The van der Waals surface area contributed by atoms with E-state index >= 15 is 0 Å². The van der Waals surface area contributed by atoms with Crippen molar-refractivity contribution in [3.63, 3.8) is 0 Å². The Morgan fingerprint density at radius 3 is 2.51 bits per heavy atom. The average Bonchev–Trinajstić information content (AvgIpc) is 3.41. The number of hydrogen-bond acceptors (Lipinski definition) is 7. The quantitative estimate of drug-likeness (QED) is 0.408. The van der Waals surface area contributed by atoms with Crippen LogP contribution in [0.4, 0.5) is 0 Å². The highest BCUT2D eigenvalue weighted by Gasteiger charge is 2.21. The molecule has 4 aromatic rings. The molecule has 1 aliphatic rings. The van der Waals surface area contributed by atoms with Crippen molar-refractivity contribution >= 4 is 5.91 Å². The maximum Gasteiger partial charge on any atom is 0.259 e. The molecule has 8 nitrogen and oxygen atoms in total. The maximum atomic E-state index is 12.7. The van der Waals surface area contributed by atoms with Crippen LogP contribution in [0.25, 0.3) is 22.8 Å². The van der Waals surface area contributed by atoms with Crippen molar-refractivity contribution in [2.75, 3.05) is 33.3 Å². The molecular formula is C27H27N5O3. The highest BCUT2D eigenvalue weighted by molar-refractivity contribution is 5.79. The molecule has 2 aromatic carbocycles. The maximum absolute atomic E-state index is 12.7. The van der Waals surface area contributed by atoms with Gasteiger partial charge in [0.15, 0.2) is 0 Å². The second-order valence-electron chi connectivity index (χ2n) is 8.55. The molecule has 0 saturated carbocycles. The van der Waals surface area contributed by atoms with Crippen molar-refractivity contribution in [2.45, 2.75) is 13.0 Å². The number of carbonyl (C=O) groups excluding carboxylic acids is 1. The van der Waals surface area contributed by atoms with Gasteiger partial charge in [0.2, 0.25) is 11.7 Å². The van der Waals surface area contributed by atoms with Gasteiger partial charge in [-0.3, -0.25) is 14.7 Å². The van der Waals surface area contributed by atoms with Crippen LogP contribution in [-0.2, 0) is 17.8 Å². The monoisotopic (exact) mass is 469 g/mol. The van der Waals surface area contributed by atoms with Crippen LogP contribution < -0.4 is 4.74 Å². The second-order valence-corrected chi connectivity index (χ2v) is 8.55. The molecule has 178 valence electrons. The number of hydrogen-bond donors (Lipinski definition) is 0. The van der Waals surface area contributed by atoms with Crippen LogP contribution in [0.5, 0.6) is 5.75 Å². The standard InChI is InChI=1S/C27H27N5O3/c1-34-24-9-7-20(8-10-24)17-25(33)32-14-12-31(13-15-32)19-21-4-2-5-22(16-21)26-29-27(35-30-26)23-6-3-11-28-18-23/h2-11,16,18H,12-15,17,19H2,1H3. The van der Waals surface area contributed by atoms with Gasteiger partial charge in [-0.15, -0.1) is 0 Å². The van der Waals surface area contributed by atoms with Crippen LogP contribution in [0.1, 0.15) is 11.1 Å². The molecule has 35 heavy (non-hydrogen) atoms. The molecule has 0 N–H and O–H groups in total. The molecule has 1 aliphatic heterocycles. The van der Waals surface area contributed by atoms with E-state index in [1.165, 1.54) is 5.56 Å². The average molecular weight is 470 g/mol. The number of ether oxygens (including phenoxy) is 1. The molecule has 1 saturated heterocycles. The van der Waals surface area contributed by atoms with E-state index in [2.05, 4.69) is 32.2 Å². The van der Waals surface area contributed by atoms with Gasteiger partial charge < -0.3 is 14.2 Å². The molecule has 3 heterocycles.